The van der Waals surface area contributed by atoms with Crippen molar-refractivity contribution in [3.8, 4) is 0 Å². The fraction of sp³-hybridized carbons (Fsp3) is 0. The molecule has 20 heavy (non-hydrogen) atoms. The van der Waals surface area contributed by atoms with Crippen LogP contribution in [0.2, 0.25) is 0 Å². The van der Waals surface area contributed by atoms with Gasteiger partial charge in [0, 0.05) is 10.0 Å². The Hall–Kier alpha value is -2.21. The van der Waals surface area contributed by atoms with Crippen LogP contribution in [0.3, 0.4) is 0 Å². The normalized spacial score (nSPS) is 9.90. The Labute approximate surface area is 123 Å². The molecule has 0 aliphatic rings. The zero-order valence-corrected chi connectivity index (χ0v) is 11.8. The van der Waals surface area contributed by atoms with Gasteiger partial charge in [-0.1, -0.05) is 34.1 Å². The minimum absolute atomic E-state index is 0.137. The maximum atomic E-state index is 13.4. The summed E-state index contributed by atoms with van der Waals surface area (Å²) in [4.78, 5) is 23.5. The molecule has 0 aliphatic heterocycles. The number of halogens is 2. The van der Waals surface area contributed by atoms with Gasteiger partial charge in [0.05, 0.1) is 5.56 Å². The van der Waals surface area contributed by atoms with Gasteiger partial charge in [-0.2, -0.15) is 0 Å². The molecule has 6 heteroatoms. The SMILES string of the molecule is O=C(NNC(=O)c1ccccc1F)c1cccc(Br)c1. The Morgan fingerprint density at radius 2 is 1.65 bits per heavy atom. The number of nitrogens with one attached hydrogen (secondary N) is 2. The van der Waals surface area contributed by atoms with Crippen LogP contribution in [0.1, 0.15) is 20.7 Å². The van der Waals surface area contributed by atoms with E-state index in [0.717, 1.165) is 4.47 Å². The second-order valence-electron chi connectivity index (χ2n) is 3.90. The van der Waals surface area contributed by atoms with Gasteiger partial charge in [0.15, 0.2) is 0 Å². The Morgan fingerprint density at radius 1 is 0.950 bits per heavy atom. The largest absolute Gasteiger partial charge is 0.272 e. The van der Waals surface area contributed by atoms with Crippen LogP contribution in [0.4, 0.5) is 4.39 Å². The van der Waals surface area contributed by atoms with Crippen molar-refractivity contribution in [2.75, 3.05) is 0 Å². The lowest BCUT2D eigenvalue weighted by Crippen LogP contribution is -2.41. The van der Waals surface area contributed by atoms with Crippen LogP contribution < -0.4 is 10.9 Å². The second-order valence-corrected chi connectivity index (χ2v) is 4.81. The van der Waals surface area contributed by atoms with Crippen molar-refractivity contribution in [2.24, 2.45) is 0 Å². The van der Waals surface area contributed by atoms with Gasteiger partial charge in [-0.3, -0.25) is 20.4 Å². The first-order chi connectivity index (χ1) is 9.58. The summed E-state index contributed by atoms with van der Waals surface area (Å²) in [6.07, 6.45) is 0. The molecule has 2 aromatic carbocycles. The number of hydrogen-bond donors (Lipinski definition) is 2. The van der Waals surface area contributed by atoms with Gasteiger partial charge in [-0.15, -0.1) is 0 Å². The molecule has 0 saturated carbocycles. The number of rotatable bonds is 2. The Kier molecular flexibility index (Phi) is 4.47. The third-order valence-corrected chi connectivity index (χ3v) is 2.99. The first kappa shape index (κ1) is 14.2. The van der Waals surface area contributed by atoms with Crippen molar-refractivity contribution < 1.29 is 14.0 Å². The summed E-state index contributed by atoms with van der Waals surface area (Å²) in [6, 6.07) is 12.2. The van der Waals surface area contributed by atoms with Crippen LogP contribution in [0.15, 0.2) is 53.0 Å². The van der Waals surface area contributed by atoms with E-state index in [1.165, 1.54) is 24.3 Å². The first-order valence-corrected chi connectivity index (χ1v) is 6.48. The number of hydrazine groups is 1. The molecule has 0 heterocycles. The second kappa shape index (κ2) is 6.29. The summed E-state index contributed by atoms with van der Waals surface area (Å²) in [7, 11) is 0. The molecule has 0 spiro atoms. The van der Waals surface area contributed by atoms with Crippen LogP contribution in [-0.4, -0.2) is 11.8 Å². The third-order valence-electron chi connectivity index (χ3n) is 2.49. The number of hydrogen-bond acceptors (Lipinski definition) is 2. The fourth-order valence-corrected chi connectivity index (χ4v) is 1.93. The molecule has 0 fully saturated rings. The highest BCUT2D eigenvalue weighted by Gasteiger charge is 2.12. The summed E-state index contributed by atoms with van der Waals surface area (Å²) < 4.78 is 14.1. The lowest BCUT2D eigenvalue weighted by Gasteiger charge is -2.08. The van der Waals surface area contributed by atoms with Gasteiger partial charge >= 0.3 is 0 Å². The van der Waals surface area contributed by atoms with Crippen LogP contribution >= 0.6 is 15.9 Å². The number of carbonyl (C=O) groups excluding carboxylic acids is 2. The lowest BCUT2D eigenvalue weighted by atomic mass is 10.2. The highest BCUT2D eigenvalue weighted by atomic mass is 79.9. The Morgan fingerprint density at radius 3 is 2.35 bits per heavy atom. The van der Waals surface area contributed by atoms with Crippen LogP contribution in [0.25, 0.3) is 0 Å². The van der Waals surface area contributed by atoms with E-state index in [2.05, 4.69) is 26.8 Å². The van der Waals surface area contributed by atoms with E-state index in [9.17, 15) is 14.0 Å². The van der Waals surface area contributed by atoms with Crippen molar-refractivity contribution in [1.82, 2.24) is 10.9 Å². The summed E-state index contributed by atoms with van der Waals surface area (Å²) in [6.45, 7) is 0. The number of benzene rings is 2. The van der Waals surface area contributed by atoms with Crippen LogP contribution in [0, 0.1) is 5.82 Å². The fourth-order valence-electron chi connectivity index (χ4n) is 1.53. The van der Waals surface area contributed by atoms with E-state index in [-0.39, 0.29) is 5.56 Å². The molecule has 0 unspecified atom stereocenters. The van der Waals surface area contributed by atoms with E-state index < -0.39 is 17.6 Å². The quantitative estimate of drug-likeness (QED) is 0.828. The molecule has 2 rings (SSSR count). The van der Waals surface area contributed by atoms with Crippen molar-refractivity contribution in [1.29, 1.82) is 0 Å². The standard InChI is InChI=1S/C14H10BrFN2O2/c15-10-5-3-4-9(8-10)13(19)17-18-14(20)11-6-1-2-7-12(11)16/h1-8H,(H,17,19)(H,18,20). The predicted molar refractivity (Wildman–Crippen MR) is 75.5 cm³/mol. The van der Waals surface area contributed by atoms with Gasteiger partial charge in [0.1, 0.15) is 5.82 Å². The third kappa shape index (κ3) is 3.42. The topological polar surface area (TPSA) is 58.2 Å². The van der Waals surface area contributed by atoms with E-state index in [4.69, 9.17) is 0 Å². The van der Waals surface area contributed by atoms with Gasteiger partial charge in [0.25, 0.3) is 11.8 Å². The molecule has 0 bridgehead atoms. The zero-order valence-electron chi connectivity index (χ0n) is 10.2. The molecule has 2 amide bonds. The molecule has 2 aromatic rings. The van der Waals surface area contributed by atoms with Crippen molar-refractivity contribution >= 4 is 27.7 Å². The summed E-state index contributed by atoms with van der Waals surface area (Å²) in [5, 5.41) is 0. The Balaban J connectivity index is 2.01. The van der Waals surface area contributed by atoms with Crippen molar-refractivity contribution in [3.63, 3.8) is 0 Å². The number of amides is 2. The van der Waals surface area contributed by atoms with E-state index in [1.54, 1.807) is 24.3 Å². The summed E-state index contributed by atoms with van der Waals surface area (Å²) >= 11 is 3.24. The van der Waals surface area contributed by atoms with E-state index >= 15 is 0 Å². The molecule has 0 saturated heterocycles. The minimum Gasteiger partial charge on any atom is -0.267 e. The van der Waals surface area contributed by atoms with E-state index in [1.807, 2.05) is 0 Å². The minimum atomic E-state index is -0.716. The highest BCUT2D eigenvalue weighted by Crippen LogP contribution is 2.11. The molecule has 0 aliphatic carbocycles. The smallest absolute Gasteiger partial charge is 0.267 e. The lowest BCUT2D eigenvalue weighted by molar-refractivity contribution is 0.0844. The monoisotopic (exact) mass is 336 g/mol. The van der Waals surface area contributed by atoms with E-state index in [0.29, 0.717) is 5.56 Å². The molecule has 2 N–H and O–H groups in total. The molecule has 0 atom stereocenters. The highest BCUT2D eigenvalue weighted by molar-refractivity contribution is 9.10. The van der Waals surface area contributed by atoms with Crippen molar-refractivity contribution in [3.05, 3.63) is 69.9 Å². The van der Waals surface area contributed by atoms with Crippen LogP contribution in [0.5, 0.6) is 0 Å². The maximum Gasteiger partial charge on any atom is 0.272 e. The van der Waals surface area contributed by atoms with Gasteiger partial charge in [0.2, 0.25) is 0 Å². The van der Waals surface area contributed by atoms with Gasteiger partial charge in [-0.05, 0) is 30.3 Å². The maximum absolute atomic E-state index is 13.4. The summed E-state index contributed by atoms with van der Waals surface area (Å²) in [5.74, 6) is -1.86. The predicted octanol–water partition coefficient (Wildman–Crippen LogP) is 2.66. The molecule has 102 valence electrons. The summed E-state index contributed by atoms with van der Waals surface area (Å²) in [5.41, 5.74) is 4.62. The molecule has 0 aromatic heterocycles. The average Bonchev–Trinajstić information content (AvgIpc) is 2.45. The Bertz CT molecular complexity index is 661. The van der Waals surface area contributed by atoms with Crippen molar-refractivity contribution in [2.45, 2.75) is 0 Å². The van der Waals surface area contributed by atoms with Gasteiger partial charge < -0.3 is 0 Å². The molecular formula is C14H10BrFN2O2. The molecular weight excluding hydrogens is 327 g/mol. The van der Waals surface area contributed by atoms with Crippen LogP contribution in [-0.2, 0) is 0 Å². The average molecular weight is 337 g/mol. The first-order valence-electron chi connectivity index (χ1n) is 5.68. The molecule has 0 radical (unpaired) electrons. The van der Waals surface area contributed by atoms with Gasteiger partial charge in [-0.25, -0.2) is 4.39 Å². The molecule has 4 nitrogen and oxygen atoms in total. The zero-order chi connectivity index (χ0) is 14.5. The number of carbonyl (C=O) groups is 2.